The fraction of sp³-hybridized carbons (Fsp3) is 0.350. The molecule has 27 heavy (non-hydrogen) atoms. The Morgan fingerprint density at radius 1 is 1.26 bits per heavy atom. The normalized spacial score (nSPS) is 11.1. The van der Waals surface area contributed by atoms with Gasteiger partial charge in [0, 0.05) is 12.2 Å². The van der Waals surface area contributed by atoms with Crippen molar-refractivity contribution in [3.63, 3.8) is 0 Å². The summed E-state index contributed by atoms with van der Waals surface area (Å²) in [5, 5.41) is 0.745. The molecule has 7 heteroatoms. The highest BCUT2D eigenvalue weighted by atomic mass is 32.2. The van der Waals surface area contributed by atoms with E-state index in [0.29, 0.717) is 36.3 Å². The number of aromatic nitrogens is 3. The van der Waals surface area contributed by atoms with Gasteiger partial charge in [0.05, 0.1) is 12.8 Å². The molecule has 0 fully saturated rings. The lowest BCUT2D eigenvalue weighted by atomic mass is 10.1. The predicted molar refractivity (Wildman–Crippen MR) is 105 cm³/mol. The third kappa shape index (κ3) is 3.98. The van der Waals surface area contributed by atoms with E-state index >= 15 is 0 Å². The number of esters is 1. The van der Waals surface area contributed by atoms with Crippen LogP contribution in [0.5, 0.6) is 0 Å². The molecule has 0 amide bonds. The van der Waals surface area contributed by atoms with Gasteiger partial charge in [-0.05, 0) is 37.3 Å². The smallest absolute Gasteiger partial charge is 0.342 e. The monoisotopic (exact) mass is 387 g/mol. The first kappa shape index (κ1) is 19.4. The predicted octanol–water partition coefficient (Wildman–Crippen LogP) is 4.47. The molecule has 0 unspecified atom stereocenters. The fourth-order valence-corrected chi connectivity index (χ4v) is 3.43. The van der Waals surface area contributed by atoms with Crippen molar-refractivity contribution >= 4 is 28.9 Å². The van der Waals surface area contributed by atoms with Crippen molar-refractivity contribution in [3.8, 4) is 0 Å². The van der Waals surface area contributed by atoms with Crippen LogP contribution in [-0.4, -0.2) is 33.4 Å². The molecule has 2 heterocycles. The molecule has 0 aliphatic heterocycles. The second kappa shape index (κ2) is 8.52. The van der Waals surface area contributed by atoms with E-state index in [1.54, 1.807) is 25.3 Å². The third-order valence-corrected chi connectivity index (χ3v) is 4.88. The average Bonchev–Trinajstić information content (AvgIpc) is 2.96. The number of carbonyl (C=O) groups is 1. The minimum atomic E-state index is -0.378. The molecular weight excluding hydrogens is 365 g/mol. The Labute approximate surface area is 162 Å². The van der Waals surface area contributed by atoms with Crippen LogP contribution < -0.4 is 0 Å². The number of thioether (sulfide) groups is 1. The van der Waals surface area contributed by atoms with Crippen molar-refractivity contribution in [2.24, 2.45) is 0 Å². The highest BCUT2D eigenvalue weighted by molar-refractivity contribution is 7.98. The summed E-state index contributed by atoms with van der Waals surface area (Å²) < 4.78 is 20.6. The molecule has 5 nitrogen and oxygen atoms in total. The van der Waals surface area contributed by atoms with Crippen molar-refractivity contribution in [2.75, 3.05) is 12.9 Å². The summed E-state index contributed by atoms with van der Waals surface area (Å²) in [7, 11) is 0. The topological polar surface area (TPSA) is 57.0 Å². The first-order chi connectivity index (χ1) is 13.1. The summed E-state index contributed by atoms with van der Waals surface area (Å²) in [6.07, 6.45) is 5.19. The summed E-state index contributed by atoms with van der Waals surface area (Å²) in [4.78, 5) is 21.9. The highest BCUT2D eigenvalue weighted by Crippen LogP contribution is 2.28. The first-order valence-electron chi connectivity index (χ1n) is 8.92. The molecule has 0 aliphatic carbocycles. The number of halogens is 1. The van der Waals surface area contributed by atoms with E-state index in [0.717, 1.165) is 22.7 Å². The molecule has 0 spiro atoms. The van der Waals surface area contributed by atoms with Crippen LogP contribution in [0.1, 0.15) is 41.9 Å². The number of benzene rings is 1. The third-order valence-electron chi connectivity index (χ3n) is 4.27. The van der Waals surface area contributed by atoms with Crippen LogP contribution in [0.4, 0.5) is 4.39 Å². The zero-order valence-corrected chi connectivity index (χ0v) is 16.5. The lowest BCUT2D eigenvalue weighted by molar-refractivity contribution is 0.0526. The lowest BCUT2D eigenvalue weighted by Gasteiger charge is -2.11. The molecule has 3 rings (SSSR count). The Morgan fingerprint density at radius 3 is 2.63 bits per heavy atom. The van der Waals surface area contributed by atoms with Crippen LogP contribution in [0, 0.1) is 5.82 Å². The maximum atomic E-state index is 13.3. The van der Waals surface area contributed by atoms with Gasteiger partial charge in [-0.25, -0.2) is 19.2 Å². The van der Waals surface area contributed by atoms with E-state index in [2.05, 4.69) is 16.9 Å². The maximum Gasteiger partial charge on any atom is 0.342 e. The number of hydrogen-bond acceptors (Lipinski definition) is 5. The SMILES string of the molecule is CCCc1c(C(=O)OCC)c2nc(SC)cnc2n1Cc1ccc(F)cc1. The van der Waals surface area contributed by atoms with E-state index in [1.807, 2.05) is 10.8 Å². The van der Waals surface area contributed by atoms with E-state index < -0.39 is 0 Å². The number of carbonyl (C=O) groups excluding carboxylic acids is 1. The number of hydrogen-bond donors (Lipinski definition) is 0. The minimum Gasteiger partial charge on any atom is -0.462 e. The molecule has 1 aromatic carbocycles. The van der Waals surface area contributed by atoms with Crippen molar-refractivity contribution in [1.29, 1.82) is 0 Å². The molecule has 0 N–H and O–H groups in total. The Hall–Kier alpha value is -2.41. The summed E-state index contributed by atoms with van der Waals surface area (Å²) in [5.41, 5.74) is 3.47. The lowest BCUT2D eigenvalue weighted by Crippen LogP contribution is -2.11. The van der Waals surface area contributed by atoms with Crippen LogP contribution >= 0.6 is 11.8 Å². The zero-order valence-electron chi connectivity index (χ0n) is 15.7. The Morgan fingerprint density at radius 2 is 2.00 bits per heavy atom. The average molecular weight is 387 g/mol. The van der Waals surface area contributed by atoms with E-state index in [-0.39, 0.29) is 11.8 Å². The largest absolute Gasteiger partial charge is 0.462 e. The van der Waals surface area contributed by atoms with Crippen molar-refractivity contribution in [1.82, 2.24) is 14.5 Å². The molecule has 142 valence electrons. The van der Waals surface area contributed by atoms with Gasteiger partial charge in [-0.3, -0.25) is 0 Å². The van der Waals surface area contributed by atoms with Crippen molar-refractivity contribution in [3.05, 3.63) is 53.1 Å². The summed E-state index contributed by atoms with van der Waals surface area (Å²) in [6.45, 7) is 4.63. The van der Waals surface area contributed by atoms with Crippen LogP contribution in [0.3, 0.4) is 0 Å². The van der Waals surface area contributed by atoms with Gasteiger partial charge in [-0.1, -0.05) is 25.5 Å². The van der Waals surface area contributed by atoms with Crippen LogP contribution in [0.2, 0.25) is 0 Å². The fourth-order valence-electron chi connectivity index (χ4n) is 3.09. The Kier molecular flexibility index (Phi) is 6.11. The summed E-state index contributed by atoms with van der Waals surface area (Å²) >= 11 is 1.47. The van der Waals surface area contributed by atoms with Gasteiger partial charge in [0.15, 0.2) is 5.65 Å². The van der Waals surface area contributed by atoms with Crippen LogP contribution in [0.25, 0.3) is 11.2 Å². The Bertz CT molecular complexity index is 954. The van der Waals surface area contributed by atoms with Gasteiger partial charge in [0.1, 0.15) is 21.9 Å². The van der Waals surface area contributed by atoms with Crippen LogP contribution in [-0.2, 0) is 17.7 Å². The number of ether oxygens (including phenoxy) is 1. The van der Waals surface area contributed by atoms with E-state index in [9.17, 15) is 9.18 Å². The van der Waals surface area contributed by atoms with Gasteiger partial charge < -0.3 is 9.30 Å². The quantitative estimate of drug-likeness (QED) is 0.442. The molecule has 0 saturated carbocycles. The Balaban J connectivity index is 2.21. The molecule has 0 radical (unpaired) electrons. The zero-order chi connectivity index (χ0) is 19.4. The van der Waals surface area contributed by atoms with Gasteiger partial charge in [-0.15, -0.1) is 11.8 Å². The van der Waals surface area contributed by atoms with Gasteiger partial charge in [-0.2, -0.15) is 0 Å². The summed E-state index contributed by atoms with van der Waals surface area (Å²) in [6, 6.07) is 6.35. The second-order valence-electron chi connectivity index (χ2n) is 6.09. The maximum absolute atomic E-state index is 13.3. The summed E-state index contributed by atoms with van der Waals surface area (Å²) in [5.74, 6) is -0.655. The van der Waals surface area contributed by atoms with Gasteiger partial charge >= 0.3 is 5.97 Å². The number of fused-ring (bicyclic) bond motifs is 1. The van der Waals surface area contributed by atoms with Crippen molar-refractivity contribution < 1.29 is 13.9 Å². The van der Waals surface area contributed by atoms with E-state index in [1.165, 1.54) is 23.9 Å². The molecule has 0 bridgehead atoms. The highest BCUT2D eigenvalue weighted by Gasteiger charge is 2.25. The molecule has 0 atom stereocenters. The van der Waals surface area contributed by atoms with Crippen molar-refractivity contribution in [2.45, 2.75) is 38.3 Å². The minimum absolute atomic E-state index is 0.276. The molecule has 3 aromatic rings. The molecule has 0 aliphatic rings. The van der Waals surface area contributed by atoms with Gasteiger partial charge in [0.2, 0.25) is 0 Å². The van der Waals surface area contributed by atoms with E-state index in [4.69, 9.17) is 4.74 Å². The number of rotatable bonds is 7. The first-order valence-corrected chi connectivity index (χ1v) is 10.1. The standard InChI is InChI=1S/C20H22FN3O2S/c1-4-6-15-17(20(25)26-5-2)18-19(22-11-16(23-18)27-3)24(15)12-13-7-9-14(21)10-8-13/h7-11H,4-6,12H2,1-3H3. The molecule has 2 aromatic heterocycles. The van der Waals surface area contributed by atoms with Crippen LogP contribution in [0.15, 0.2) is 35.5 Å². The number of nitrogens with zero attached hydrogens (tertiary/aromatic N) is 3. The van der Waals surface area contributed by atoms with Gasteiger partial charge in [0.25, 0.3) is 0 Å². The molecular formula is C20H22FN3O2S. The molecule has 0 saturated heterocycles. The second-order valence-corrected chi connectivity index (χ2v) is 6.92.